The van der Waals surface area contributed by atoms with Gasteiger partial charge in [-0.25, -0.2) is 12.7 Å². The van der Waals surface area contributed by atoms with Crippen LogP contribution >= 0.6 is 0 Å². The molecule has 19 heavy (non-hydrogen) atoms. The van der Waals surface area contributed by atoms with E-state index >= 15 is 0 Å². The SMILES string of the molecule is CNC(C)c1cccc(S(=O)(=O)N(C)CC2CC2)c1. The predicted molar refractivity (Wildman–Crippen MR) is 76.5 cm³/mol. The molecule has 106 valence electrons. The van der Waals surface area contributed by atoms with E-state index in [9.17, 15) is 8.42 Å². The second-order valence-electron chi connectivity index (χ2n) is 5.31. The molecule has 1 saturated carbocycles. The molecule has 0 aliphatic heterocycles. The fraction of sp³-hybridized carbons (Fsp3) is 0.571. The van der Waals surface area contributed by atoms with Crippen LogP contribution in [0.25, 0.3) is 0 Å². The van der Waals surface area contributed by atoms with Crippen molar-refractivity contribution < 1.29 is 8.42 Å². The molecule has 4 nitrogen and oxygen atoms in total. The van der Waals surface area contributed by atoms with Crippen molar-refractivity contribution >= 4 is 10.0 Å². The summed E-state index contributed by atoms with van der Waals surface area (Å²) in [4.78, 5) is 0.384. The summed E-state index contributed by atoms with van der Waals surface area (Å²) in [6.45, 7) is 2.65. The largest absolute Gasteiger partial charge is 0.313 e. The van der Waals surface area contributed by atoms with Gasteiger partial charge in [-0.3, -0.25) is 0 Å². The first-order valence-corrected chi connectivity index (χ1v) is 8.12. The smallest absolute Gasteiger partial charge is 0.242 e. The molecule has 0 saturated heterocycles. The van der Waals surface area contributed by atoms with E-state index in [0.717, 1.165) is 18.4 Å². The Morgan fingerprint density at radius 3 is 2.68 bits per heavy atom. The molecule has 0 bridgehead atoms. The first-order valence-electron chi connectivity index (χ1n) is 6.68. The first kappa shape index (κ1) is 14.5. The summed E-state index contributed by atoms with van der Waals surface area (Å²) < 4.78 is 26.4. The van der Waals surface area contributed by atoms with Crippen molar-refractivity contribution in [1.29, 1.82) is 0 Å². The highest BCUT2D eigenvalue weighted by Crippen LogP contribution is 2.31. The van der Waals surface area contributed by atoms with Gasteiger partial charge in [0.05, 0.1) is 4.90 Å². The van der Waals surface area contributed by atoms with Gasteiger partial charge in [-0.2, -0.15) is 0 Å². The van der Waals surface area contributed by atoms with Gasteiger partial charge in [0.25, 0.3) is 0 Å². The van der Waals surface area contributed by atoms with Gasteiger partial charge in [-0.1, -0.05) is 12.1 Å². The average molecular weight is 282 g/mol. The van der Waals surface area contributed by atoms with E-state index in [1.54, 1.807) is 25.2 Å². The molecule has 0 aromatic heterocycles. The number of sulfonamides is 1. The first-order chi connectivity index (χ1) is 8.95. The monoisotopic (exact) mass is 282 g/mol. The zero-order valence-corrected chi connectivity index (χ0v) is 12.6. The Balaban J connectivity index is 2.23. The molecule has 1 aromatic carbocycles. The van der Waals surface area contributed by atoms with Crippen LogP contribution in [0.3, 0.4) is 0 Å². The molecule has 1 fully saturated rings. The topological polar surface area (TPSA) is 49.4 Å². The second kappa shape index (κ2) is 5.61. The standard InChI is InChI=1S/C14H22N2O2S/c1-11(15-2)13-5-4-6-14(9-13)19(17,18)16(3)10-12-7-8-12/h4-6,9,11-12,15H,7-8,10H2,1-3H3. The molecule has 1 atom stereocenters. The Hall–Kier alpha value is -0.910. The number of hydrogen-bond donors (Lipinski definition) is 1. The summed E-state index contributed by atoms with van der Waals surface area (Å²) in [5.74, 6) is 0.555. The van der Waals surface area contributed by atoms with Crippen molar-refractivity contribution in [2.75, 3.05) is 20.6 Å². The van der Waals surface area contributed by atoms with Crippen LogP contribution in [0.4, 0.5) is 0 Å². The van der Waals surface area contributed by atoms with Crippen LogP contribution < -0.4 is 5.32 Å². The quantitative estimate of drug-likeness (QED) is 0.868. The summed E-state index contributed by atoms with van der Waals surface area (Å²) in [5.41, 5.74) is 0.989. The lowest BCUT2D eigenvalue weighted by atomic mass is 10.1. The van der Waals surface area contributed by atoms with E-state index in [1.165, 1.54) is 4.31 Å². The fourth-order valence-electron chi connectivity index (χ4n) is 2.05. The minimum absolute atomic E-state index is 0.142. The number of benzene rings is 1. The van der Waals surface area contributed by atoms with Crippen molar-refractivity contribution in [2.45, 2.75) is 30.7 Å². The minimum Gasteiger partial charge on any atom is -0.313 e. The zero-order valence-electron chi connectivity index (χ0n) is 11.8. The van der Waals surface area contributed by atoms with Crippen LogP contribution in [-0.4, -0.2) is 33.4 Å². The van der Waals surface area contributed by atoms with E-state index in [-0.39, 0.29) is 6.04 Å². The number of hydrogen-bond acceptors (Lipinski definition) is 3. The highest BCUT2D eigenvalue weighted by atomic mass is 32.2. The Kier molecular flexibility index (Phi) is 4.28. The van der Waals surface area contributed by atoms with Gasteiger partial charge < -0.3 is 5.32 Å². The van der Waals surface area contributed by atoms with Crippen molar-refractivity contribution in [3.63, 3.8) is 0 Å². The van der Waals surface area contributed by atoms with E-state index in [1.807, 2.05) is 20.0 Å². The van der Waals surface area contributed by atoms with Crippen LogP contribution in [-0.2, 0) is 10.0 Å². The lowest BCUT2D eigenvalue weighted by Gasteiger charge is -2.18. The van der Waals surface area contributed by atoms with Crippen LogP contribution in [0.5, 0.6) is 0 Å². The molecular weight excluding hydrogens is 260 g/mol. The van der Waals surface area contributed by atoms with E-state index < -0.39 is 10.0 Å². The number of nitrogens with one attached hydrogen (secondary N) is 1. The summed E-state index contributed by atoms with van der Waals surface area (Å²) in [7, 11) is 0.182. The molecule has 1 aromatic rings. The maximum Gasteiger partial charge on any atom is 0.242 e. The molecule has 0 amide bonds. The number of nitrogens with zero attached hydrogens (tertiary/aromatic N) is 1. The molecule has 0 spiro atoms. The van der Waals surface area contributed by atoms with Crippen LogP contribution in [0, 0.1) is 5.92 Å². The Morgan fingerprint density at radius 2 is 2.11 bits per heavy atom. The van der Waals surface area contributed by atoms with E-state index in [4.69, 9.17) is 0 Å². The van der Waals surface area contributed by atoms with Gasteiger partial charge in [-0.05, 0) is 50.4 Å². The highest BCUT2D eigenvalue weighted by molar-refractivity contribution is 7.89. The van der Waals surface area contributed by atoms with Gasteiger partial charge in [0.1, 0.15) is 0 Å². The third kappa shape index (κ3) is 3.35. The zero-order chi connectivity index (χ0) is 14.0. The van der Waals surface area contributed by atoms with Crippen LogP contribution in [0.15, 0.2) is 29.2 Å². The summed E-state index contributed by atoms with van der Waals surface area (Å²) in [6.07, 6.45) is 2.30. The average Bonchev–Trinajstić information content (AvgIpc) is 3.21. The Morgan fingerprint density at radius 1 is 1.42 bits per heavy atom. The van der Waals surface area contributed by atoms with Crippen LogP contribution in [0.1, 0.15) is 31.4 Å². The lowest BCUT2D eigenvalue weighted by Crippen LogP contribution is -2.29. The second-order valence-corrected chi connectivity index (χ2v) is 7.36. The Labute approximate surface area is 115 Å². The maximum absolute atomic E-state index is 12.5. The van der Waals surface area contributed by atoms with Gasteiger partial charge in [0, 0.05) is 19.6 Å². The molecule has 1 aliphatic rings. The number of rotatable bonds is 6. The van der Waals surface area contributed by atoms with Crippen molar-refractivity contribution in [3.8, 4) is 0 Å². The Bertz CT molecular complexity index is 538. The summed E-state index contributed by atoms with van der Waals surface area (Å²) in [6, 6.07) is 7.33. The van der Waals surface area contributed by atoms with Crippen molar-refractivity contribution in [3.05, 3.63) is 29.8 Å². The normalized spacial score (nSPS) is 17.7. The summed E-state index contributed by atoms with van der Waals surface area (Å²) in [5, 5.41) is 3.12. The third-order valence-corrected chi connectivity index (χ3v) is 5.53. The minimum atomic E-state index is -3.35. The molecule has 2 rings (SSSR count). The third-order valence-electron chi connectivity index (χ3n) is 3.71. The molecule has 0 radical (unpaired) electrons. The highest BCUT2D eigenvalue weighted by Gasteiger charge is 2.29. The lowest BCUT2D eigenvalue weighted by molar-refractivity contribution is 0.452. The van der Waals surface area contributed by atoms with Gasteiger partial charge in [-0.15, -0.1) is 0 Å². The fourth-order valence-corrected chi connectivity index (χ4v) is 3.36. The van der Waals surface area contributed by atoms with Crippen molar-refractivity contribution in [1.82, 2.24) is 9.62 Å². The van der Waals surface area contributed by atoms with E-state index in [2.05, 4.69) is 5.32 Å². The molecule has 1 aliphatic carbocycles. The van der Waals surface area contributed by atoms with Crippen LogP contribution in [0.2, 0.25) is 0 Å². The maximum atomic E-state index is 12.5. The van der Waals surface area contributed by atoms with Crippen molar-refractivity contribution in [2.24, 2.45) is 5.92 Å². The predicted octanol–water partition coefficient (Wildman–Crippen LogP) is 2.00. The molecular formula is C14H22N2O2S. The molecule has 1 N–H and O–H groups in total. The molecule has 1 unspecified atom stereocenters. The van der Waals surface area contributed by atoms with Gasteiger partial charge in [0.2, 0.25) is 10.0 Å². The molecule has 5 heteroatoms. The summed E-state index contributed by atoms with van der Waals surface area (Å²) >= 11 is 0. The van der Waals surface area contributed by atoms with Gasteiger partial charge >= 0.3 is 0 Å². The van der Waals surface area contributed by atoms with E-state index in [0.29, 0.717) is 17.4 Å². The molecule has 0 heterocycles. The van der Waals surface area contributed by atoms with Gasteiger partial charge in [0.15, 0.2) is 0 Å².